The zero-order valence-corrected chi connectivity index (χ0v) is 21.4. The van der Waals surface area contributed by atoms with Gasteiger partial charge in [-0.15, -0.1) is 0 Å². The van der Waals surface area contributed by atoms with Crippen molar-refractivity contribution in [1.82, 2.24) is 0 Å². The van der Waals surface area contributed by atoms with Crippen molar-refractivity contribution < 1.29 is 32.2 Å². The van der Waals surface area contributed by atoms with Crippen LogP contribution in [-0.2, 0) is 14.1 Å². The number of carbonyl (C=O) groups is 2. The van der Waals surface area contributed by atoms with Gasteiger partial charge in [0, 0.05) is 0 Å². The third-order valence-electron chi connectivity index (χ3n) is 5.92. The average Bonchev–Trinajstić information content (AvgIpc) is 2.78. The van der Waals surface area contributed by atoms with Crippen LogP contribution in [0.2, 0.25) is 0 Å². The van der Waals surface area contributed by atoms with Crippen molar-refractivity contribution in [3.05, 3.63) is 41.5 Å². The Morgan fingerprint density at radius 3 is 1.79 bits per heavy atom. The van der Waals surface area contributed by atoms with E-state index in [1.165, 1.54) is 24.3 Å². The standard InChI is InChI=1S/C24H35O7PS/c1-4-7-12-32(13-8-5-2,14-9-6-3)31-33(29,30)22-17-20(24(27)28)15-18-10-11-19(23(25)26)16-21(18)22/h10-11,15-17,32H,4-9,12-14H2,1-3H3,(H,25,26)(H,27,28). The van der Waals surface area contributed by atoms with Crippen molar-refractivity contribution in [2.24, 2.45) is 0 Å². The van der Waals surface area contributed by atoms with Crippen LogP contribution in [0.1, 0.15) is 80.0 Å². The van der Waals surface area contributed by atoms with E-state index in [-0.39, 0.29) is 21.4 Å². The molecule has 0 spiro atoms. The molecule has 0 aromatic heterocycles. The Morgan fingerprint density at radius 2 is 1.33 bits per heavy atom. The number of hydrogen-bond donors (Lipinski definition) is 2. The Kier molecular flexibility index (Phi) is 9.83. The first kappa shape index (κ1) is 27.2. The number of carboxylic acids is 2. The summed E-state index contributed by atoms with van der Waals surface area (Å²) in [4.78, 5) is 22.9. The fourth-order valence-electron chi connectivity index (χ4n) is 4.06. The maximum absolute atomic E-state index is 13.7. The second kappa shape index (κ2) is 11.9. The first-order valence-electron chi connectivity index (χ1n) is 11.6. The molecule has 0 fully saturated rings. The van der Waals surface area contributed by atoms with Gasteiger partial charge in [-0.05, 0) is 0 Å². The molecule has 2 aromatic rings. The summed E-state index contributed by atoms with van der Waals surface area (Å²) in [6, 6.07) is 6.46. The third-order valence-corrected chi connectivity index (χ3v) is 12.9. The fraction of sp³-hybridized carbons (Fsp3) is 0.500. The molecule has 0 aliphatic heterocycles. The molecule has 0 unspecified atom stereocenters. The van der Waals surface area contributed by atoms with E-state index in [2.05, 4.69) is 20.8 Å². The summed E-state index contributed by atoms with van der Waals surface area (Å²) in [7, 11) is -7.02. The SMILES string of the molecule is CCCC[PH](CCCC)(CCCC)OS(=O)(=O)c1cc(C(=O)O)cc2ccc(C(=O)O)cc12. The Bertz CT molecular complexity index is 1070. The minimum absolute atomic E-state index is 0.0755. The van der Waals surface area contributed by atoms with Gasteiger partial charge in [-0.25, -0.2) is 0 Å². The number of hydrogen-bond acceptors (Lipinski definition) is 5. The van der Waals surface area contributed by atoms with Gasteiger partial charge in [0.2, 0.25) is 0 Å². The average molecular weight is 499 g/mol. The van der Waals surface area contributed by atoms with E-state index < -0.39 is 29.5 Å². The van der Waals surface area contributed by atoms with Crippen molar-refractivity contribution in [3.63, 3.8) is 0 Å². The molecule has 9 heteroatoms. The van der Waals surface area contributed by atoms with Gasteiger partial charge in [0.05, 0.1) is 0 Å². The Hall–Kier alpha value is -2.02. The van der Waals surface area contributed by atoms with Gasteiger partial charge in [-0.2, -0.15) is 0 Å². The van der Waals surface area contributed by atoms with Gasteiger partial charge in [0.15, 0.2) is 0 Å². The van der Waals surface area contributed by atoms with Crippen LogP contribution in [-0.4, -0.2) is 49.1 Å². The van der Waals surface area contributed by atoms with Gasteiger partial charge >= 0.3 is 197 Å². The Labute approximate surface area is 196 Å². The molecule has 184 valence electrons. The molecule has 0 saturated carbocycles. The monoisotopic (exact) mass is 498 g/mol. The second-order valence-corrected chi connectivity index (χ2v) is 14.4. The molecule has 2 aromatic carbocycles. The second-order valence-electron chi connectivity index (χ2n) is 8.55. The molecule has 0 heterocycles. The first-order valence-corrected chi connectivity index (χ1v) is 15.5. The molecule has 0 amide bonds. The Morgan fingerprint density at radius 1 is 0.818 bits per heavy atom. The molecule has 2 rings (SSSR count). The molecule has 7 nitrogen and oxygen atoms in total. The molecule has 0 aliphatic rings. The molecule has 33 heavy (non-hydrogen) atoms. The van der Waals surface area contributed by atoms with Gasteiger partial charge in [0.25, 0.3) is 0 Å². The summed E-state index contributed by atoms with van der Waals surface area (Å²) in [5, 5.41) is 19.4. The van der Waals surface area contributed by atoms with E-state index in [1.54, 1.807) is 0 Å². The van der Waals surface area contributed by atoms with Crippen LogP contribution in [0.15, 0.2) is 35.2 Å². The van der Waals surface area contributed by atoms with Crippen LogP contribution in [0.25, 0.3) is 10.8 Å². The molecule has 2 N–H and O–H groups in total. The van der Waals surface area contributed by atoms with Crippen molar-refractivity contribution in [3.8, 4) is 0 Å². The van der Waals surface area contributed by atoms with Crippen molar-refractivity contribution in [1.29, 1.82) is 0 Å². The first-order chi connectivity index (χ1) is 15.6. The summed E-state index contributed by atoms with van der Waals surface area (Å²) in [6.07, 6.45) is 7.55. The van der Waals surface area contributed by atoms with Gasteiger partial charge in [-0.3, -0.25) is 0 Å². The van der Waals surface area contributed by atoms with E-state index in [9.17, 15) is 28.2 Å². The van der Waals surface area contributed by atoms with Crippen LogP contribution >= 0.6 is 7.49 Å². The molecule has 0 radical (unpaired) electrons. The van der Waals surface area contributed by atoms with Crippen LogP contribution < -0.4 is 0 Å². The number of aromatic carboxylic acids is 2. The Balaban J connectivity index is 2.69. The van der Waals surface area contributed by atoms with E-state index in [1.807, 2.05) is 0 Å². The van der Waals surface area contributed by atoms with Crippen molar-refractivity contribution in [2.45, 2.75) is 64.2 Å². The number of unbranched alkanes of at least 4 members (excludes halogenated alkanes) is 3. The summed E-state index contributed by atoms with van der Waals surface area (Å²) >= 11 is 0. The normalized spacial score (nSPS) is 12.7. The molecule has 0 aliphatic carbocycles. The van der Waals surface area contributed by atoms with E-state index in [0.29, 0.717) is 5.39 Å². The van der Waals surface area contributed by atoms with E-state index in [0.717, 1.165) is 63.1 Å². The molecular weight excluding hydrogens is 463 g/mol. The van der Waals surface area contributed by atoms with E-state index in [4.69, 9.17) is 3.97 Å². The summed E-state index contributed by atoms with van der Waals surface area (Å²) in [5.74, 6) is -2.46. The van der Waals surface area contributed by atoms with Gasteiger partial charge in [0.1, 0.15) is 0 Å². The van der Waals surface area contributed by atoms with Gasteiger partial charge < -0.3 is 0 Å². The van der Waals surface area contributed by atoms with Crippen molar-refractivity contribution >= 4 is 40.3 Å². The van der Waals surface area contributed by atoms with Crippen LogP contribution in [0.4, 0.5) is 0 Å². The number of fused-ring (bicyclic) bond motifs is 1. The quantitative estimate of drug-likeness (QED) is 0.306. The predicted octanol–water partition coefficient (Wildman–Crippen LogP) is 6.01. The summed E-state index contributed by atoms with van der Waals surface area (Å²) in [5.41, 5.74) is -0.260. The number of rotatable bonds is 14. The van der Waals surface area contributed by atoms with Crippen LogP contribution in [0.5, 0.6) is 0 Å². The zero-order chi connectivity index (χ0) is 24.6. The molecule has 0 bridgehead atoms. The van der Waals surface area contributed by atoms with Crippen molar-refractivity contribution in [2.75, 3.05) is 18.5 Å². The third kappa shape index (κ3) is 6.98. The summed E-state index contributed by atoms with van der Waals surface area (Å²) < 4.78 is 33.5. The molecule has 0 saturated heterocycles. The number of benzene rings is 2. The van der Waals surface area contributed by atoms with E-state index >= 15 is 0 Å². The molecule has 0 atom stereocenters. The molecular formula is C24H35O7PS. The van der Waals surface area contributed by atoms with Crippen LogP contribution in [0.3, 0.4) is 0 Å². The zero-order valence-electron chi connectivity index (χ0n) is 19.6. The number of carboxylic acid groups (broad SMARTS) is 2. The van der Waals surface area contributed by atoms with Gasteiger partial charge in [-0.1, -0.05) is 0 Å². The minimum atomic E-state index is -4.33. The predicted molar refractivity (Wildman–Crippen MR) is 134 cm³/mol. The fourth-order valence-corrected chi connectivity index (χ4v) is 11.7. The van der Waals surface area contributed by atoms with Crippen LogP contribution in [0, 0.1) is 0 Å². The summed E-state index contributed by atoms with van der Waals surface area (Å²) in [6.45, 7) is 6.18. The topological polar surface area (TPSA) is 118 Å². The maximum atomic E-state index is 13.7.